The number of hydrogen-bond donors (Lipinski definition) is 1. The Morgan fingerprint density at radius 2 is 2.12 bits per heavy atom. The monoisotopic (exact) mass is 240 g/mol. The highest BCUT2D eigenvalue weighted by Gasteiger charge is 2.30. The number of nitrogens with zero attached hydrogens (tertiary/aromatic N) is 1. The summed E-state index contributed by atoms with van der Waals surface area (Å²) in [6.07, 6.45) is 6.31. The van der Waals surface area contributed by atoms with Crippen LogP contribution in [0.1, 0.15) is 39.0 Å². The van der Waals surface area contributed by atoms with Gasteiger partial charge in [-0.15, -0.1) is 0 Å². The second-order valence-corrected chi connectivity index (χ2v) is 6.17. The van der Waals surface area contributed by atoms with E-state index in [1.54, 1.807) is 0 Å². The molecule has 2 N–H and O–H groups in total. The van der Waals surface area contributed by atoms with Gasteiger partial charge in [0.1, 0.15) is 0 Å². The summed E-state index contributed by atoms with van der Waals surface area (Å²) in [6.45, 7) is 5.42. The number of likely N-dealkylation sites (N-methyl/N-ethyl adjacent to an activating group) is 1. The van der Waals surface area contributed by atoms with Crippen molar-refractivity contribution in [3.05, 3.63) is 0 Å². The SMILES string of the molecule is CC1CCC(N)C(N(C)CC2CCCOC2)C1. The zero-order chi connectivity index (χ0) is 12.3. The van der Waals surface area contributed by atoms with Gasteiger partial charge in [-0.05, 0) is 51.0 Å². The molecule has 3 nitrogen and oxygen atoms in total. The second kappa shape index (κ2) is 6.17. The number of rotatable bonds is 3. The molecule has 4 atom stereocenters. The van der Waals surface area contributed by atoms with Crippen LogP contribution < -0.4 is 5.73 Å². The van der Waals surface area contributed by atoms with Gasteiger partial charge in [0.2, 0.25) is 0 Å². The summed E-state index contributed by atoms with van der Waals surface area (Å²) in [5.41, 5.74) is 6.27. The molecular weight excluding hydrogens is 212 g/mol. The number of ether oxygens (including phenoxy) is 1. The van der Waals surface area contributed by atoms with Crippen LogP contribution in [0.4, 0.5) is 0 Å². The molecule has 0 aromatic carbocycles. The van der Waals surface area contributed by atoms with E-state index < -0.39 is 0 Å². The summed E-state index contributed by atoms with van der Waals surface area (Å²) in [5.74, 6) is 1.56. The minimum absolute atomic E-state index is 0.376. The Morgan fingerprint density at radius 1 is 1.29 bits per heavy atom. The molecule has 0 bridgehead atoms. The number of nitrogens with two attached hydrogens (primary N) is 1. The summed E-state index contributed by atoms with van der Waals surface area (Å²) in [7, 11) is 2.25. The molecule has 3 heteroatoms. The van der Waals surface area contributed by atoms with Crippen LogP contribution in [-0.2, 0) is 4.74 Å². The molecule has 17 heavy (non-hydrogen) atoms. The van der Waals surface area contributed by atoms with Gasteiger partial charge < -0.3 is 15.4 Å². The molecular formula is C14H28N2O. The molecule has 1 aliphatic carbocycles. The molecule has 1 saturated carbocycles. The van der Waals surface area contributed by atoms with Gasteiger partial charge in [0, 0.05) is 25.2 Å². The van der Waals surface area contributed by atoms with Crippen molar-refractivity contribution in [2.24, 2.45) is 17.6 Å². The molecule has 2 fully saturated rings. The van der Waals surface area contributed by atoms with Crippen molar-refractivity contribution in [1.29, 1.82) is 0 Å². The summed E-state index contributed by atoms with van der Waals surface area (Å²) in [6, 6.07) is 0.960. The van der Waals surface area contributed by atoms with Gasteiger partial charge in [0.15, 0.2) is 0 Å². The lowest BCUT2D eigenvalue weighted by molar-refractivity contribution is 0.0286. The first-order chi connectivity index (χ1) is 8.16. The van der Waals surface area contributed by atoms with Crippen molar-refractivity contribution in [3.8, 4) is 0 Å². The molecule has 1 saturated heterocycles. The maximum atomic E-state index is 6.27. The highest BCUT2D eigenvalue weighted by atomic mass is 16.5. The fourth-order valence-corrected chi connectivity index (χ4v) is 3.38. The Bertz CT molecular complexity index is 228. The zero-order valence-electron chi connectivity index (χ0n) is 11.4. The second-order valence-electron chi connectivity index (χ2n) is 6.17. The first-order valence-electron chi connectivity index (χ1n) is 7.20. The smallest absolute Gasteiger partial charge is 0.0506 e. The Kier molecular flexibility index (Phi) is 4.83. The van der Waals surface area contributed by atoms with E-state index in [4.69, 9.17) is 10.5 Å². The van der Waals surface area contributed by atoms with Gasteiger partial charge >= 0.3 is 0 Å². The van der Waals surface area contributed by atoms with Crippen molar-refractivity contribution >= 4 is 0 Å². The summed E-state index contributed by atoms with van der Waals surface area (Å²) in [4.78, 5) is 2.50. The molecule has 2 rings (SSSR count). The largest absolute Gasteiger partial charge is 0.381 e. The zero-order valence-corrected chi connectivity index (χ0v) is 11.4. The summed E-state index contributed by atoms with van der Waals surface area (Å²) < 4.78 is 5.56. The average Bonchev–Trinajstić information content (AvgIpc) is 2.33. The van der Waals surface area contributed by atoms with E-state index in [0.717, 1.165) is 31.6 Å². The maximum Gasteiger partial charge on any atom is 0.0506 e. The summed E-state index contributed by atoms with van der Waals surface area (Å²) >= 11 is 0. The highest BCUT2D eigenvalue weighted by molar-refractivity contribution is 4.88. The lowest BCUT2D eigenvalue weighted by Gasteiger charge is -2.40. The normalized spacial score (nSPS) is 39.5. The Hall–Kier alpha value is -0.120. The fourth-order valence-electron chi connectivity index (χ4n) is 3.38. The van der Waals surface area contributed by atoms with Crippen LogP contribution in [0.5, 0.6) is 0 Å². The Labute approximate surface area is 106 Å². The molecule has 0 aromatic rings. The fraction of sp³-hybridized carbons (Fsp3) is 1.00. The molecule has 100 valence electrons. The van der Waals surface area contributed by atoms with Gasteiger partial charge in [-0.25, -0.2) is 0 Å². The van der Waals surface area contributed by atoms with Gasteiger partial charge in [-0.1, -0.05) is 6.92 Å². The molecule has 1 heterocycles. The maximum absolute atomic E-state index is 6.27. The molecule has 1 aliphatic heterocycles. The first-order valence-corrected chi connectivity index (χ1v) is 7.20. The van der Waals surface area contributed by atoms with E-state index in [1.165, 1.54) is 32.1 Å². The summed E-state index contributed by atoms with van der Waals surface area (Å²) in [5, 5.41) is 0. The van der Waals surface area contributed by atoms with Crippen LogP contribution in [-0.4, -0.2) is 43.8 Å². The van der Waals surface area contributed by atoms with Crippen molar-refractivity contribution in [3.63, 3.8) is 0 Å². The van der Waals surface area contributed by atoms with Crippen molar-refractivity contribution in [2.75, 3.05) is 26.8 Å². The molecule has 4 unspecified atom stereocenters. The van der Waals surface area contributed by atoms with Crippen LogP contribution >= 0.6 is 0 Å². The van der Waals surface area contributed by atoms with E-state index >= 15 is 0 Å². The van der Waals surface area contributed by atoms with Crippen LogP contribution in [0.15, 0.2) is 0 Å². The minimum Gasteiger partial charge on any atom is -0.381 e. The third-order valence-corrected chi connectivity index (χ3v) is 4.50. The third-order valence-electron chi connectivity index (χ3n) is 4.50. The third kappa shape index (κ3) is 3.67. The molecule has 0 spiro atoms. The molecule has 0 aromatic heterocycles. The van der Waals surface area contributed by atoms with Crippen molar-refractivity contribution in [1.82, 2.24) is 4.90 Å². The van der Waals surface area contributed by atoms with E-state index in [1.807, 2.05) is 0 Å². The predicted molar refractivity (Wildman–Crippen MR) is 71.0 cm³/mol. The van der Waals surface area contributed by atoms with Gasteiger partial charge in [-0.3, -0.25) is 0 Å². The first kappa shape index (κ1) is 13.3. The van der Waals surface area contributed by atoms with E-state index in [2.05, 4.69) is 18.9 Å². The van der Waals surface area contributed by atoms with Crippen LogP contribution in [0.25, 0.3) is 0 Å². The van der Waals surface area contributed by atoms with Gasteiger partial charge in [-0.2, -0.15) is 0 Å². The van der Waals surface area contributed by atoms with E-state index in [9.17, 15) is 0 Å². The highest BCUT2D eigenvalue weighted by Crippen LogP contribution is 2.27. The number of hydrogen-bond acceptors (Lipinski definition) is 3. The molecule has 0 radical (unpaired) electrons. The van der Waals surface area contributed by atoms with E-state index in [-0.39, 0.29) is 0 Å². The van der Waals surface area contributed by atoms with Crippen LogP contribution in [0.2, 0.25) is 0 Å². The Morgan fingerprint density at radius 3 is 2.82 bits per heavy atom. The lowest BCUT2D eigenvalue weighted by Crippen LogP contribution is -2.51. The minimum atomic E-state index is 0.376. The molecule has 2 aliphatic rings. The van der Waals surface area contributed by atoms with Crippen molar-refractivity contribution in [2.45, 2.75) is 51.1 Å². The Balaban J connectivity index is 1.82. The van der Waals surface area contributed by atoms with Gasteiger partial charge in [0.25, 0.3) is 0 Å². The lowest BCUT2D eigenvalue weighted by atomic mass is 9.82. The quantitative estimate of drug-likeness (QED) is 0.818. The predicted octanol–water partition coefficient (Wildman–Crippen LogP) is 1.86. The van der Waals surface area contributed by atoms with Crippen LogP contribution in [0.3, 0.4) is 0 Å². The van der Waals surface area contributed by atoms with Crippen LogP contribution in [0, 0.1) is 11.8 Å². The van der Waals surface area contributed by atoms with Crippen molar-refractivity contribution < 1.29 is 4.74 Å². The van der Waals surface area contributed by atoms with Gasteiger partial charge in [0.05, 0.1) is 6.61 Å². The molecule has 0 amide bonds. The average molecular weight is 240 g/mol. The topological polar surface area (TPSA) is 38.5 Å². The standard InChI is InChI=1S/C14H28N2O/c1-11-5-6-13(15)14(8-11)16(2)9-12-4-3-7-17-10-12/h11-14H,3-10,15H2,1-2H3. The van der Waals surface area contributed by atoms with E-state index in [0.29, 0.717) is 12.1 Å².